The molecule has 0 unspecified atom stereocenters. The first kappa shape index (κ1) is 15.0. The van der Waals surface area contributed by atoms with Crippen molar-refractivity contribution in [1.29, 1.82) is 0 Å². The summed E-state index contributed by atoms with van der Waals surface area (Å²) in [5, 5.41) is 2.39. The van der Waals surface area contributed by atoms with Gasteiger partial charge in [0.2, 0.25) is 0 Å². The molecule has 0 atom stereocenters. The summed E-state index contributed by atoms with van der Waals surface area (Å²) in [6.07, 6.45) is 0.0398. The maximum atomic E-state index is 13.5. The minimum atomic E-state index is -0.817. The smallest absolute Gasteiger partial charge is 0.255 e. The zero-order chi connectivity index (χ0) is 15.4. The van der Waals surface area contributed by atoms with Gasteiger partial charge < -0.3 is 10.1 Å². The van der Waals surface area contributed by atoms with Crippen LogP contribution < -0.4 is 10.1 Å². The molecule has 0 fully saturated rings. The maximum absolute atomic E-state index is 13.5. The van der Waals surface area contributed by atoms with Crippen molar-refractivity contribution >= 4 is 11.6 Å². The monoisotopic (exact) mass is 291 g/mol. The molecule has 0 saturated heterocycles. The van der Waals surface area contributed by atoms with Crippen molar-refractivity contribution in [2.75, 3.05) is 5.32 Å². The fourth-order valence-electron chi connectivity index (χ4n) is 1.74. The summed E-state index contributed by atoms with van der Waals surface area (Å²) < 4.78 is 31.7. The van der Waals surface area contributed by atoms with Crippen LogP contribution in [0.3, 0.4) is 0 Å². The first-order valence-corrected chi connectivity index (χ1v) is 6.49. The van der Waals surface area contributed by atoms with Gasteiger partial charge in [-0.15, -0.1) is 0 Å². The summed E-state index contributed by atoms with van der Waals surface area (Å²) in [7, 11) is 0. The Balaban J connectivity index is 2.09. The van der Waals surface area contributed by atoms with Crippen molar-refractivity contribution in [1.82, 2.24) is 0 Å². The third kappa shape index (κ3) is 4.02. The van der Waals surface area contributed by atoms with E-state index in [-0.39, 0.29) is 11.8 Å². The summed E-state index contributed by atoms with van der Waals surface area (Å²) in [6.45, 7) is 3.80. The number of halogens is 2. The van der Waals surface area contributed by atoms with Gasteiger partial charge in [-0.2, -0.15) is 0 Å². The van der Waals surface area contributed by atoms with E-state index in [1.807, 2.05) is 13.8 Å². The first-order chi connectivity index (χ1) is 9.95. The number of rotatable bonds is 4. The Morgan fingerprint density at radius 1 is 1.10 bits per heavy atom. The average molecular weight is 291 g/mol. The molecule has 0 aromatic heterocycles. The van der Waals surface area contributed by atoms with Gasteiger partial charge in [0.15, 0.2) is 0 Å². The number of nitrogens with one attached hydrogen (secondary N) is 1. The van der Waals surface area contributed by atoms with E-state index in [9.17, 15) is 13.6 Å². The molecule has 2 aromatic carbocycles. The highest BCUT2D eigenvalue weighted by Gasteiger charge is 2.10. The SMILES string of the molecule is CC(C)Oc1ccc(C(=O)Nc2ccc(F)cc2F)cc1. The molecule has 2 rings (SSSR count). The van der Waals surface area contributed by atoms with Crippen molar-refractivity contribution in [3.63, 3.8) is 0 Å². The van der Waals surface area contributed by atoms with Crippen LogP contribution in [0.5, 0.6) is 5.75 Å². The Kier molecular flexibility index (Phi) is 4.52. The number of carbonyl (C=O) groups is 1. The molecule has 0 heterocycles. The average Bonchev–Trinajstić information content (AvgIpc) is 2.42. The summed E-state index contributed by atoms with van der Waals surface area (Å²) in [5.74, 6) is -1.34. The minimum Gasteiger partial charge on any atom is -0.491 e. The third-order valence-corrected chi connectivity index (χ3v) is 2.67. The molecule has 0 aliphatic carbocycles. The Labute approximate surface area is 121 Å². The van der Waals surface area contributed by atoms with Crippen LogP contribution in [-0.4, -0.2) is 12.0 Å². The second kappa shape index (κ2) is 6.35. The van der Waals surface area contributed by atoms with E-state index in [0.717, 1.165) is 12.1 Å². The van der Waals surface area contributed by atoms with Crippen LogP contribution in [0.4, 0.5) is 14.5 Å². The molecule has 0 aliphatic heterocycles. The van der Waals surface area contributed by atoms with Crippen LogP contribution in [0.1, 0.15) is 24.2 Å². The Morgan fingerprint density at radius 3 is 2.33 bits per heavy atom. The van der Waals surface area contributed by atoms with E-state index < -0.39 is 17.5 Å². The molecule has 3 nitrogen and oxygen atoms in total. The zero-order valence-electron chi connectivity index (χ0n) is 11.7. The lowest BCUT2D eigenvalue weighted by molar-refractivity contribution is 0.102. The van der Waals surface area contributed by atoms with Crippen LogP contribution in [0.15, 0.2) is 42.5 Å². The molecule has 0 aliphatic rings. The molecular weight excluding hydrogens is 276 g/mol. The fourth-order valence-corrected chi connectivity index (χ4v) is 1.74. The Hall–Kier alpha value is -2.43. The number of anilines is 1. The van der Waals surface area contributed by atoms with E-state index in [2.05, 4.69) is 5.32 Å². The summed E-state index contributed by atoms with van der Waals surface area (Å²) >= 11 is 0. The fraction of sp³-hybridized carbons (Fsp3) is 0.188. The second-order valence-corrected chi connectivity index (χ2v) is 4.77. The number of carbonyl (C=O) groups excluding carboxylic acids is 1. The van der Waals surface area contributed by atoms with Crippen LogP contribution in [0.25, 0.3) is 0 Å². The molecule has 0 radical (unpaired) electrons. The first-order valence-electron chi connectivity index (χ1n) is 6.49. The van der Waals surface area contributed by atoms with Gasteiger partial charge in [0.05, 0.1) is 11.8 Å². The molecule has 21 heavy (non-hydrogen) atoms. The van der Waals surface area contributed by atoms with Gasteiger partial charge in [0.1, 0.15) is 17.4 Å². The molecule has 2 aromatic rings. The minimum absolute atomic E-state index is 0.0398. The summed E-state index contributed by atoms with van der Waals surface area (Å²) in [5.41, 5.74) is 0.290. The van der Waals surface area contributed by atoms with E-state index >= 15 is 0 Å². The number of benzene rings is 2. The number of amides is 1. The van der Waals surface area contributed by atoms with Crippen molar-refractivity contribution in [2.45, 2.75) is 20.0 Å². The van der Waals surface area contributed by atoms with E-state index in [4.69, 9.17) is 4.74 Å². The second-order valence-electron chi connectivity index (χ2n) is 4.77. The molecule has 1 amide bonds. The largest absolute Gasteiger partial charge is 0.491 e. The summed E-state index contributed by atoms with van der Waals surface area (Å²) in [6, 6.07) is 9.46. The number of ether oxygens (including phenoxy) is 1. The van der Waals surface area contributed by atoms with Crippen LogP contribution >= 0.6 is 0 Å². The highest BCUT2D eigenvalue weighted by Crippen LogP contribution is 2.18. The van der Waals surface area contributed by atoms with Crippen LogP contribution in [-0.2, 0) is 0 Å². The van der Waals surface area contributed by atoms with Gasteiger partial charge in [-0.25, -0.2) is 8.78 Å². The van der Waals surface area contributed by atoms with Crippen molar-refractivity contribution in [2.24, 2.45) is 0 Å². The topological polar surface area (TPSA) is 38.3 Å². The summed E-state index contributed by atoms with van der Waals surface area (Å²) in [4.78, 5) is 12.0. The molecule has 0 bridgehead atoms. The van der Waals surface area contributed by atoms with Gasteiger partial charge in [0, 0.05) is 11.6 Å². The van der Waals surface area contributed by atoms with E-state index in [0.29, 0.717) is 11.3 Å². The lowest BCUT2D eigenvalue weighted by Gasteiger charge is -2.10. The normalized spacial score (nSPS) is 10.5. The van der Waals surface area contributed by atoms with Crippen molar-refractivity contribution in [3.8, 4) is 5.75 Å². The van der Waals surface area contributed by atoms with Gasteiger partial charge in [-0.05, 0) is 50.2 Å². The lowest BCUT2D eigenvalue weighted by Crippen LogP contribution is -2.13. The lowest BCUT2D eigenvalue weighted by atomic mass is 10.2. The highest BCUT2D eigenvalue weighted by atomic mass is 19.1. The van der Waals surface area contributed by atoms with Crippen LogP contribution in [0.2, 0.25) is 0 Å². The van der Waals surface area contributed by atoms with Gasteiger partial charge in [-0.1, -0.05) is 0 Å². The third-order valence-electron chi connectivity index (χ3n) is 2.67. The Bertz CT molecular complexity index is 639. The molecule has 5 heteroatoms. The van der Waals surface area contributed by atoms with Gasteiger partial charge in [-0.3, -0.25) is 4.79 Å². The predicted molar refractivity (Wildman–Crippen MR) is 76.5 cm³/mol. The maximum Gasteiger partial charge on any atom is 0.255 e. The highest BCUT2D eigenvalue weighted by molar-refractivity contribution is 6.04. The quantitative estimate of drug-likeness (QED) is 0.924. The molecule has 1 N–H and O–H groups in total. The van der Waals surface area contributed by atoms with Gasteiger partial charge in [0.25, 0.3) is 5.91 Å². The van der Waals surface area contributed by atoms with Crippen molar-refractivity contribution in [3.05, 3.63) is 59.7 Å². The molecular formula is C16H15F2NO2. The number of hydrogen-bond donors (Lipinski definition) is 1. The molecule has 110 valence electrons. The predicted octanol–water partition coefficient (Wildman–Crippen LogP) is 4.00. The van der Waals surface area contributed by atoms with E-state index in [1.165, 1.54) is 6.07 Å². The standard InChI is InChI=1S/C16H15F2NO2/c1-10(2)21-13-6-3-11(4-7-13)16(20)19-15-8-5-12(17)9-14(15)18/h3-10H,1-2H3,(H,19,20). The van der Waals surface area contributed by atoms with Crippen molar-refractivity contribution < 1.29 is 18.3 Å². The van der Waals surface area contributed by atoms with Gasteiger partial charge >= 0.3 is 0 Å². The molecule has 0 saturated carbocycles. The zero-order valence-corrected chi connectivity index (χ0v) is 11.7. The van der Waals surface area contributed by atoms with Crippen LogP contribution in [0, 0.1) is 11.6 Å². The number of hydrogen-bond acceptors (Lipinski definition) is 2. The Morgan fingerprint density at radius 2 is 1.76 bits per heavy atom. The van der Waals surface area contributed by atoms with E-state index in [1.54, 1.807) is 24.3 Å². The molecule has 0 spiro atoms.